The van der Waals surface area contributed by atoms with Gasteiger partial charge in [0.25, 0.3) is 5.91 Å². The molecule has 1 N–H and O–H groups in total. The molecule has 6 heteroatoms. The number of urea groups is 1. The van der Waals surface area contributed by atoms with Gasteiger partial charge >= 0.3 is 6.03 Å². The molecule has 3 amide bonds. The number of likely N-dealkylation sites (tertiary alicyclic amines) is 1. The molecule has 1 atom stereocenters. The lowest BCUT2D eigenvalue weighted by Crippen LogP contribution is -2.41. The minimum atomic E-state index is -0.0747. The van der Waals surface area contributed by atoms with Crippen molar-refractivity contribution in [3.05, 3.63) is 89.4 Å². The van der Waals surface area contributed by atoms with Gasteiger partial charge in [0.05, 0.1) is 12.8 Å². The molecule has 1 aliphatic rings. The van der Waals surface area contributed by atoms with Gasteiger partial charge in [0.1, 0.15) is 5.76 Å². The first kappa shape index (κ1) is 22.6. The van der Waals surface area contributed by atoms with Crippen molar-refractivity contribution in [2.24, 2.45) is 0 Å². The molecule has 6 nitrogen and oxygen atoms in total. The standard InChI is InChI=1S/C27H31N3O3/c1-3-20-11-13-24(14-12-20)28-27(32)30-15-5-9-23(18-30)21-7-4-8-22(17-21)26(31)29(2)19-25-10-6-16-33-25/h4,6-8,10-14,16-17,23H,3,5,9,15,18-19H2,1-2H3,(H,28,32). The number of carbonyl (C=O) groups is 2. The topological polar surface area (TPSA) is 65.8 Å². The minimum Gasteiger partial charge on any atom is -0.467 e. The molecule has 1 aromatic heterocycles. The van der Waals surface area contributed by atoms with Crippen LogP contribution in [0.3, 0.4) is 0 Å². The number of benzene rings is 2. The van der Waals surface area contributed by atoms with Crippen LogP contribution >= 0.6 is 0 Å². The predicted molar refractivity (Wildman–Crippen MR) is 129 cm³/mol. The Bertz CT molecular complexity index is 1080. The van der Waals surface area contributed by atoms with Crippen molar-refractivity contribution in [3.8, 4) is 0 Å². The second kappa shape index (κ2) is 10.4. The Morgan fingerprint density at radius 2 is 1.94 bits per heavy atom. The van der Waals surface area contributed by atoms with E-state index < -0.39 is 0 Å². The monoisotopic (exact) mass is 445 g/mol. The average Bonchev–Trinajstić information content (AvgIpc) is 3.37. The smallest absolute Gasteiger partial charge is 0.321 e. The minimum absolute atomic E-state index is 0.0471. The number of amides is 3. The largest absolute Gasteiger partial charge is 0.467 e. The fourth-order valence-electron chi connectivity index (χ4n) is 4.31. The van der Waals surface area contributed by atoms with Crippen LogP contribution in [0.1, 0.15) is 52.9 Å². The van der Waals surface area contributed by atoms with E-state index in [1.807, 2.05) is 59.5 Å². The summed E-state index contributed by atoms with van der Waals surface area (Å²) in [5, 5.41) is 3.02. The van der Waals surface area contributed by atoms with Crippen molar-refractivity contribution in [1.29, 1.82) is 0 Å². The van der Waals surface area contributed by atoms with E-state index in [0.29, 0.717) is 18.7 Å². The molecular formula is C27H31N3O3. The third kappa shape index (κ3) is 5.64. The lowest BCUT2D eigenvalue weighted by molar-refractivity contribution is 0.0775. The van der Waals surface area contributed by atoms with Crippen LogP contribution in [0.15, 0.2) is 71.3 Å². The fraction of sp³-hybridized carbons (Fsp3) is 0.333. The molecule has 4 rings (SSSR count). The summed E-state index contributed by atoms with van der Waals surface area (Å²) in [6.45, 7) is 3.91. The van der Waals surface area contributed by atoms with Crippen molar-refractivity contribution in [2.75, 3.05) is 25.5 Å². The summed E-state index contributed by atoms with van der Waals surface area (Å²) in [6.07, 6.45) is 4.51. The number of furan rings is 1. The van der Waals surface area contributed by atoms with E-state index in [1.165, 1.54) is 5.56 Å². The molecular weight excluding hydrogens is 414 g/mol. The van der Waals surface area contributed by atoms with Gasteiger partial charge < -0.3 is 19.5 Å². The van der Waals surface area contributed by atoms with Crippen LogP contribution in [-0.4, -0.2) is 41.9 Å². The molecule has 1 saturated heterocycles. The number of carbonyl (C=O) groups excluding carboxylic acids is 2. The number of rotatable bonds is 6. The Balaban J connectivity index is 1.40. The highest BCUT2D eigenvalue weighted by Crippen LogP contribution is 2.28. The van der Waals surface area contributed by atoms with Gasteiger partial charge in [-0.2, -0.15) is 0 Å². The number of nitrogens with zero attached hydrogens (tertiary/aromatic N) is 2. The average molecular weight is 446 g/mol. The molecule has 2 heterocycles. The van der Waals surface area contributed by atoms with Gasteiger partial charge in [0, 0.05) is 37.3 Å². The summed E-state index contributed by atoms with van der Waals surface area (Å²) in [5.74, 6) is 0.907. The first-order valence-electron chi connectivity index (χ1n) is 11.6. The molecule has 0 saturated carbocycles. The second-order valence-electron chi connectivity index (χ2n) is 8.63. The van der Waals surface area contributed by atoms with Crippen LogP contribution in [0.5, 0.6) is 0 Å². The van der Waals surface area contributed by atoms with Crippen molar-refractivity contribution >= 4 is 17.6 Å². The maximum atomic E-state index is 12.9. The van der Waals surface area contributed by atoms with Gasteiger partial charge in [0.2, 0.25) is 0 Å². The molecule has 1 fully saturated rings. The van der Waals surface area contributed by atoms with Gasteiger partial charge in [-0.3, -0.25) is 4.79 Å². The van der Waals surface area contributed by atoms with Crippen molar-refractivity contribution in [1.82, 2.24) is 9.80 Å². The first-order valence-corrected chi connectivity index (χ1v) is 11.6. The molecule has 0 bridgehead atoms. The Hall–Kier alpha value is -3.54. The Morgan fingerprint density at radius 1 is 1.12 bits per heavy atom. The zero-order chi connectivity index (χ0) is 23.2. The maximum Gasteiger partial charge on any atom is 0.321 e. The van der Waals surface area contributed by atoms with Crippen LogP contribution in [-0.2, 0) is 13.0 Å². The van der Waals surface area contributed by atoms with E-state index in [1.54, 1.807) is 18.2 Å². The second-order valence-corrected chi connectivity index (χ2v) is 8.63. The molecule has 0 radical (unpaired) electrons. The van der Waals surface area contributed by atoms with Gasteiger partial charge in [-0.1, -0.05) is 31.2 Å². The van der Waals surface area contributed by atoms with E-state index in [4.69, 9.17) is 4.42 Å². The molecule has 3 aromatic rings. The van der Waals surface area contributed by atoms with E-state index in [2.05, 4.69) is 18.3 Å². The molecule has 0 aliphatic carbocycles. The summed E-state index contributed by atoms with van der Waals surface area (Å²) < 4.78 is 5.36. The number of piperidine rings is 1. The molecule has 33 heavy (non-hydrogen) atoms. The highest BCUT2D eigenvalue weighted by molar-refractivity contribution is 5.94. The highest BCUT2D eigenvalue weighted by atomic mass is 16.3. The Labute approximate surface area is 195 Å². The van der Waals surface area contributed by atoms with Crippen LogP contribution in [0.4, 0.5) is 10.5 Å². The van der Waals surface area contributed by atoms with Gasteiger partial charge in [0.15, 0.2) is 0 Å². The van der Waals surface area contributed by atoms with E-state index in [0.717, 1.165) is 42.8 Å². The number of hydrogen-bond donors (Lipinski definition) is 1. The highest BCUT2D eigenvalue weighted by Gasteiger charge is 2.25. The fourth-order valence-corrected chi connectivity index (χ4v) is 4.31. The first-order chi connectivity index (χ1) is 16.0. The maximum absolute atomic E-state index is 12.9. The van der Waals surface area contributed by atoms with E-state index in [-0.39, 0.29) is 17.9 Å². The van der Waals surface area contributed by atoms with Crippen LogP contribution in [0, 0.1) is 0 Å². The van der Waals surface area contributed by atoms with Gasteiger partial charge in [-0.25, -0.2) is 4.79 Å². The number of anilines is 1. The summed E-state index contributed by atoms with van der Waals surface area (Å²) in [4.78, 5) is 29.3. The molecule has 1 aliphatic heterocycles. The lowest BCUT2D eigenvalue weighted by atomic mass is 9.89. The van der Waals surface area contributed by atoms with Crippen molar-refractivity contribution in [3.63, 3.8) is 0 Å². The van der Waals surface area contributed by atoms with Crippen molar-refractivity contribution < 1.29 is 14.0 Å². The molecule has 0 spiro atoms. The SMILES string of the molecule is CCc1ccc(NC(=O)N2CCCC(c3cccc(C(=O)N(C)Cc4ccco4)c3)C2)cc1. The Morgan fingerprint density at radius 3 is 2.67 bits per heavy atom. The molecule has 2 aromatic carbocycles. The summed E-state index contributed by atoms with van der Waals surface area (Å²) in [6, 6.07) is 19.4. The quantitative estimate of drug-likeness (QED) is 0.543. The van der Waals surface area contributed by atoms with Gasteiger partial charge in [-0.05, 0) is 66.8 Å². The van der Waals surface area contributed by atoms with Crippen molar-refractivity contribution in [2.45, 2.75) is 38.6 Å². The Kier molecular flexibility index (Phi) is 7.13. The number of nitrogens with one attached hydrogen (secondary N) is 1. The van der Waals surface area contributed by atoms with Gasteiger partial charge in [-0.15, -0.1) is 0 Å². The number of hydrogen-bond acceptors (Lipinski definition) is 3. The zero-order valence-electron chi connectivity index (χ0n) is 19.3. The molecule has 1 unspecified atom stereocenters. The normalized spacial score (nSPS) is 15.8. The summed E-state index contributed by atoms with van der Waals surface area (Å²) in [5.41, 5.74) is 3.80. The summed E-state index contributed by atoms with van der Waals surface area (Å²) in [7, 11) is 1.78. The van der Waals surface area contributed by atoms with E-state index >= 15 is 0 Å². The lowest BCUT2D eigenvalue weighted by Gasteiger charge is -2.33. The zero-order valence-corrected chi connectivity index (χ0v) is 19.3. The summed E-state index contributed by atoms with van der Waals surface area (Å²) >= 11 is 0. The third-order valence-electron chi connectivity index (χ3n) is 6.25. The molecule has 172 valence electrons. The number of aryl methyl sites for hydroxylation is 1. The predicted octanol–water partition coefficient (Wildman–Crippen LogP) is 5.53. The van der Waals surface area contributed by atoms with Crippen LogP contribution < -0.4 is 5.32 Å². The van der Waals surface area contributed by atoms with E-state index in [9.17, 15) is 9.59 Å². The van der Waals surface area contributed by atoms with Crippen LogP contribution in [0.25, 0.3) is 0 Å². The third-order valence-corrected chi connectivity index (χ3v) is 6.25. The van der Waals surface area contributed by atoms with Crippen LogP contribution in [0.2, 0.25) is 0 Å².